The summed E-state index contributed by atoms with van der Waals surface area (Å²) in [5, 5.41) is 5.31. The summed E-state index contributed by atoms with van der Waals surface area (Å²) in [6.45, 7) is 4.03. The van der Waals surface area contributed by atoms with Crippen LogP contribution in [0.2, 0.25) is 0 Å². The predicted molar refractivity (Wildman–Crippen MR) is 101 cm³/mol. The number of hydrogen-bond donors (Lipinski definition) is 1. The Hall–Kier alpha value is -2.81. The average molecular weight is 331 g/mol. The van der Waals surface area contributed by atoms with Crippen molar-refractivity contribution in [1.29, 1.82) is 0 Å². The van der Waals surface area contributed by atoms with Crippen LogP contribution in [-0.2, 0) is 4.79 Å². The normalized spacial score (nSPS) is 16.6. The van der Waals surface area contributed by atoms with Crippen LogP contribution in [0.1, 0.15) is 37.3 Å². The van der Waals surface area contributed by atoms with Crippen LogP contribution >= 0.6 is 0 Å². The quantitative estimate of drug-likeness (QED) is 0.725. The molecule has 1 unspecified atom stereocenters. The van der Waals surface area contributed by atoms with E-state index >= 15 is 0 Å². The van der Waals surface area contributed by atoms with Gasteiger partial charge in [0.15, 0.2) is 0 Å². The second-order valence-corrected chi connectivity index (χ2v) is 6.79. The largest absolute Gasteiger partial charge is 0.491 e. The molecule has 1 amide bonds. The summed E-state index contributed by atoms with van der Waals surface area (Å²) in [4.78, 5) is 12.4. The molecule has 3 aromatic carbocycles. The van der Waals surface area contributed by atoms with Gasteiger partial charge in [-0.3, -0.25) is 4.79 Å². The first-order valence-corrected chi connectivity index (χ1v) is 8.70. The van der Waals surface area contributed by atoms with E-state index < -0.39 is 0 Å². The molecule has 0 saturated heterocycles. The smallest absolute Gasteiger partial charge is 0.225 e. The number of anilines is 1. The maximum Gasteiger partial charge on any atom is 0.225 e. The molecular weight excluding hydrogens is 310 g/mol. The Labute approximate surface area is 147 Å². The van der Waals surface area contributed by atoms with Crippen LogP contribution in [0.25, 0.3) is 10.8 Å². The molecule has 1 heterocycles. The molecule has 3 aromatic rings. The van der Waals surface area contributed by atoms with Crippen LogP contribution in [0.15, 0.2) is 60.7 Å². The summed E-state index contributed by atoms with van der Waals surface area (Å²) in [6, 6.07) is 20.5. The Morgan fingerprint density at radius 2 is 1.88 bits per heavy atom. The highest BCUT2D eigenvalue weighted by molar-refractivity contribution is 6.06. The van der Waals surface area contributed by atoms with Crippen LogP contribution in [0.5, 0.6) is 5.75 Å². The number of amides is 1. The number of carbonyl (C=O) groups is 1. The minimum atomic E-state index is 0.0454. The first-order valence-electron chi connectivity index (χ1n) is 8.70. The van der Waals surface area contributed by atoms with Crippen molar-refractivity contribution < 1.29 is 9.53 Å². The van der Waals surface area contributed by atoms with E-state index in [4.69, 9.17) is 4.74 Å². The van der Waals surface area contributed by atoms with Crippen molar-refractivity contribution in [3.63, 3.8) is 0 Å². The van der Waals surface area contributed by atoms with Gasteiger partial charge >= 0.3 is 0 Å². The van der Waals surface area contributed by atoms with E-state index in [1.807, 2.05) is 38.1 Å². The molecule has 0 aromatic heterocycles. The molecule has 3 heteroatoms. The van der Waals surface area contributed by atoms with E-state index in [0.717, 1.165) is 27.8 Å². The first-order chi connectivity index (χ1) is 12.1. The van der Waals surface area contributed by atoms with Gasteiger partial charge < -0.3 is 10.1 Å². The van der Waals surface area contributed by atoms with Crippen molar-refractivity contribution in [2.45, 2.75) is 32.3 Å². The second-order valence-electron chi connectivity index (χ2n) is 6.79. The molecule has 4 rings (SSSR count). The first kappa shape index (κ1) is 15.7. The van der Waals surface area contributed by atoms with E-state index in [1.54, 1.807) is 0 Å². The highest BCUT2D eigenvalue weighted by Crippen LogP contribution is 2.41. The SMILES string of the molecule is CC(C)Oc1cccc(C2CC(=O)Nc3c2ccc2ccccc32)c1. The summed E-state index contributed by atoms with van der Waals surface area (Å²) in [5.74, 6) is 0.953. The standard InChI is InChI=1S/C22H21NO2/c1-14(2)25-17-8-5-7-16(12-17)20-13-21(24)23-22-18-9-4-3-6-15(18)10-11-19(20)22/h3-12,14,20H,13H2,1-2H3,(H,23,24). The van der Waals surface area contributed by atoms with Gasteiger partial charge in [-0.05, 0) is 42.5 Å². The second kappa shape index (κ2) is 6.25. The third kappa shape index (κ3) is 2.98. The van der Waals surface area contributed by atoms with Crippen molar-refractivity contribution in [2.24, 2.45) is 0 Å². The van der Waals surface area contributed by atoms with Gasteiger partial charge in [-0.15, -0.1) is 0 Å². The fraction of sp³-hybridized carbons (Fsp3) is 0.227. The molecule has 0 bridgehead atoms. The van der Waals surface area contributed by atoms with Crippen molar-refractivity contribution >= 4 is 22.4 Å². The minimum Gasteiger partial charge on any atom is -0.491 e. The van der Waals surface area contributed by atoms with Crippen LogP contribution in [-0.4, -0.2) is 12.0 Å². The van der Waals surface area contributed by atoms with Gasteiger partial charge in [-0.25, -0.2) is 0 Å². The van der Waals surface area contributed by atoms with E-state index in [-0.39, 0.29) is 17.9 Å². The summed E-state index contributed by atoms with van der Waals surface area (Å²) >= 11 is 0. The molecule has 1 aliphatic heterocycles. The molecule has 3 nitrogen and oxygen atoms in total. The molecule has 25 heavy (non-hydrogen) atoms. The van der Waals surface area contributed by atoms with Gasteiger partial charge in [0.25, 0.3) is 0 Å². The molecule has 0 fully saturated rings. The molecule has 0 aliphatic carbocycles. The number of fused-ring (bicyclic) bond motifs is 3. The lowest BCUT2D eigenvalue weighted by Gasteiger charge is -2.27. The van der Waals surface area contributed by atoms with E-state index in [1.165, 1.54) is 5.56 Å². The number of ether oxygens (including phenoxy) is 1. The van der Waals surface area contributed by atoms with Gasteiger partial charge in [0.1, 0.15) is 5.75 Å². The van der Waals surface area contributed by atoms with Crippen molar-refractivity contribution in [2.75, 3.05) is 5.32 Å². The maximum atomic E-state index is 12.4. The van der Waals surface area contributed by atoms with Crippen LogP contribution < -0.4 is 10.1 Å². The topological polar surface area (TPSA) is 38.3 Å². The number of hydrogen-bond acceptors (Lipinski definition) is 2. The van der Waals surface area contributed by atoms with E-state index in [2.05, 4.69) is 41.7 Å². The summed E-state index contributed by atoms with van der Waals surface area (Å²) < 4.78 is 5.83. The number of rotatable bonds is 3. The molecule has 1 N–H and O–H groups in total. The third-order valence-corrected chi connectivity index (χ3v) is 4.62. The lowest BCUT2D eigenvalue weighted by atomic mass is 9.83. The monoisotopic (exact) mass is 331 g/mol. The molecular formula is C22H21NO2. The van der Waals surface area contributed by atoms with Gasteiger partial charge in [0.2, 0.25) is 5.91 Å². The summed E-state index contributed by atoms with van der Waals surface area (Å²) in [7, 11) is 0. The lowest BCUT2D eigenvalue weighted by Crippen LogP contribution is -2.23. The van der Waals surface area contributed by atoms with Gasteiger partial charge in [-0.1, -0.05) is 48.5 Å². The minimum absolute atomic E-state index is 0.0454. The summed E-state index contributed by atoms with van der Waals surface area (Å²) in [5.41, 5.74) is 3.22. The molecule has 1 atom stereocenters. The van der Waals surface area contributed by atoms with Crippen LogP contribution in [0.3, 0.4) is 0 Å². The third-order valence-electron chi connectivity index (χ3n) is 4.62. The number of benzene rings is 3. The molecule has 126 valence electrons. The zero-order valence-corrected chi connectivity index (χ0v) is 14.5. The molecule has 1 aliphatic rings. The summed E-state index contributed by atoms with van der Waals surface area (Å²) in [6.07, 6.45) is 0.581. The maximum absolute atomic E-state index is 12.4. The Bertz CT molecular complexity index is 946. The van der Waals surface area contributed by atoms with Crippen molar-refractivity contribution in [3.8, 4) is 5.75 Å². The van der Waals surface area contributed by atoms with E-state index in [0.29, 0.717) is 6.42 Å². The van der Waals surface area contributed by atoms with Gasteiger partial charge in [-0.2, -0.15) is 0 Å². The van der Waals surface area contributed by atoms with Gasteiger partial charge in [0.05, 0.1) is 11.8 Å². The zero-order valence-electron chi connectivity index (χ0n) is 14.5. The van der Waals surface area contributed by atoms with Crippen molar-refractivity contribution in [1.82, 2.24) is 0 Å². The number of nitrogens with one attached hydrogen (secondary N) is 1. The highest BCUT2D eigenvalue weighted by Gasteiger charge is 2.28. The fourth-order valence-electron chi connectivity index (χ4n) is 3.58. The van der Waals surface area contributed by atoms with Gasteiger partial charge in [0, 0.05) is 17.7 Å². The molecule has 0 saturated carbocycles. The lowest BCUT2D eigenvalue weighted by molar-refractivity contribution is -0.116. The average Bonchev–Trinajstić information content (AvgIpc) is 2.60. The fourth-order valence-corrected chi connectivity index (χ4v) is 3.58. The zero-order chi connectivity index (χ0) is 17.4. The molecule has 0 spiro atoms. The highest BCUT2D eigenvalue weighted by atomic mass is 16.5. The predicted octanol–water partition coefficient (Wildman–Crippen LogP) is 5.10. The molecule has 0 radical (unpaired) electrons. The van der Waals surface area contributed by atoms with Crippen LogP contribution in [0, 0.1) is 0 Å². The van der Waals surface area contributed by atoms with Crippen LogP contribution in [0.4, 0.5) is 5.69 Å². The number of carbonyl (C=O) groups excluding carboxylic acids is 1. The van der Waals surface area contributed by atoms with Crippen molar-refractivity contribution in [3.05, 3.63) is 71.8 Å². The van der Waals surface area contributed by atoms with E-state index in [9.17, 15) is 4.79 Å². The Morgan fingerprint density at radius 1 is 1.04 bits per heavy atom. The Kier molecular flexibility index (Phi) is 3.92. The Balaban J connectivity index is 1.83. The Morgan fingerprint density at radius 3 is 2.72 bits per heavy atom.